The van der Waals surface area contributed by atoms with E-state index in [1.54, 1.807) is 6.20 Å². The standard InChI is InChI=1S/C26H38N8O8/c1-13(35)21(24(40)33-19(25(41)42)8-9-20(36)37)34-23(39)18(7-4-10-30-26(28)29)32-22(38)16(27)11-14-12-31-17-6-3-2-5-15(14)17/h2-3,5-6,12-13,16,18-19,21,31,35H,4,7-11,27H2,1H3,(H,32,38)(H,33,40)(H,34,39)(H,36,37)(H,41,42)(H4,28,29,30). The molecular formula is C26H38N8O8. The maximum absolute atomic E-state index is 13.2. The number of aliphatic carboxylic acids is 2. The topological polar surface area (TPSA) is 288 Å². The Morgan fingerprint density at radius 1 is 0.952 bits per heavy atom. The van der Waals surface area contributed by atoms with E-state index in [9.17, 15) is 34.2 Å². The van der Waals surface area contributed by atoms with Crippen LogP contribution in [0.5, 0.6) is 0 Å². The molecule has 0 saturated carbocycles. The van der Waals surface area contributed by atoms with Crippen LogP contribution in [0.3, 0.4) is 0 Å². The van der Waals surface area contributed by atoms with Crippen LogP contribution in [0.25, 0.3) is 10.9 Å². The first kappa shape index (κ1) is 33.5. The van der Waals surface area contributed by atoms with E-state index < -0.39 is 72.8 Å². The number of H-pyrrole nitrogens is 1. The summed E-state index contributed by atoms with van der Waals surface area (Å²) in [6.45, 7) is 1.33. The number of aromatic amines is 1. The molecule has 2 aromatic rings. The highest BCUT2D eigenvalue weighted by Gasteiger charge is 2.33. The Morgan fingerprint density at radius 3 is 2.24 bits per heavy atom. The lowest BCUT2D eigenvalue weighted by Gasteiger charge is -2.26. The number of aromatic nitrogens is 1. The van der Waals surface area contributed by atoms with Crippen molar-refractivity contribution in [2.45, 2.75) is 69.3 Å². The van der Waals surface area contributed by atoms with E-state index in [1.165, 1.54) is 6.92 Å². The zero-order chi connectivity index (χ0) is 31.4. The summed E-state index contributed by atoms with van der Waals surface area (Å²) in [4.78, 5) is 68.3. The number of aliphatic imine (C=N–C) groups is 1. The molecule has 0 aliphatic rings. The van der Waals surface area contributed by atoms with Crippen LogP contribution in [0.1, 0.15) is 38.2 Å². The second-order valence-corrected chi connectivity index (χ2v) is 9.74. The number of nitrogens with one attached hydrogen (secondary N) is 4. The van der Waals surface area contributed by atoms with Gasteiger partial charge in [-0.3, -0.25) is 24.2 Å². The van der Waals surface area contributed by atoms with E-state index in [0.29, 0.717) is 0 Å². The molecule has 0 aliphatic heterocycles. The largest absolute Gasteiger partial charge is 0.481 e. The number of para-hydroxylation sites is 1. The number of carboxylic acid groups (broad SMARTS) is 2. The van der Waals surface area contributed by atoms with Crippen LogP contribution in [0.4, 0.5) is 0 Å². The zero-order valence-corrected chi connectivity index (χ0v) is 23.1. The fourth-order valence-corrected chi connectivity index (χ4v) is 4.13. The van der Waals surface area contributed by atoms with Crippen LogP contribution in [0.15, 0.2) is 35.5 Å². The van der Waals surface area contributed by atoms with Crippen molar-refractivity contribution >= 4 is 46.5 Å². The fraction of sp³-hybridized carbons (Fsp3) is 0.462. The van der Waals surface area contributed by atoms with Crippen LogP contribution in [-0.2, 0) is 30.4 Å². The molecule has 42 heavy (non-hydrogen) atoms. The van der Waals surface area contributed by atoms with Gasteiger partial charge < -0.3 is 53.5 Å². The average molecular weight is 591 g/mol. The Labute approximate surface area is 241 Å². The Kier molecular flexibility index (Phi) is 12.7. The summed E-state index contributed by atoms with van der Waals surface area (Å²) in [6, 6.07) is 1.99. The summed E-state index contributed by atoms with van der Waals surface area (Å²) in [6.07, 6.45) is -0.271. The molecule has 0 bridgehead atoms. The Bertz CT molecular complexity index is 1290. The second-order valence-electron chi connectivity index (χ2n) is 9.74. The molecule has 1 aromatic heterocycles. The van der Waals surface area contributed by atoms with Crippen LogP contribution < -0.4 is 33.2 Å². The summed E-state index contributed by atoms with van der Waals surface area (Å²) in [5, 5.41) is 36.3. The number of amides is 3. The Hall–Kier alpha value is -4.70. The molecule has 230 valence electrons. The third-order valence-corrected chi connectivity index (χ3v) is 6.35. The SMILES string of the molecule is CC(O)C(NC(=O)C(CCCN=C(N)N)NC(=O)C(N)Cc1c[nH]c2ccccc12)C(=O)NC(CCC(=O)O)C(=O)O. The fourth-order valence-electron chi connectivity index (χ4n) is 4.13. The van der Waals surface area contributed by atoms with Gasteiger partial charge in [0.1, 0.15) is 18.1 Å². The number of hydrogen-bond acceptors (Lipinski definition) is 8. The summed E-state index contributed by atoms with van der Waals surface area (Å²) in [5.74, 6) is -5.49. The third-order valence-electron chi connectivity index (χ3n) is 6.35. The number of nitrogens with two attached hydrogens (primary N) is 3. The smallest absolute Gasteiger partial charge is 0.326 e. The quantitative estimate of drug-likeness (QED) is 0.0539. The maximum Gasteiger partial charge on any atom is 0.326 e. The average Bonchev–Trinajstić information content (AvgIpc) is 3.32. The normalized spacial score (nSPS) is 14.5. The number of nitrogens with zero attached hydrogens (tertiary/aromatic N) is 1. The molecular weight excluding hydrogens is 552 g/mol. The van der Waals surface area contributed by atoms with Gasteiger partial charge in [0.25, 0.3) is 0 Å². The van der Waals surface area contributed by atoms with Gasteiger partial charge in [0, 0.05) is 30.1 Å². The monoisotopic (exact) mass is 590 g/mol. The minimum atomic E-state index is -1.62. The van der Waals surface area contributed by atoms with Crippen LogP contribution in [0, 0.1) is 0 Å². The molecule has 5 unspecified atom stereocenters. The van der Waals surface area contributed by atoms with Crippen molar-refractivity contribution in [3.8, 4) is 0 Å². The lowest BCUT2D eigenvalue weighted by atomic mass is 10.0. The number of benzene rings is 1. The maximum atomic E-state index is 13.2. The zero-order valence-electron chi connectivity index (χ0n) is 23.1. The van der Waals surface area contributed by atoms with Crippen molar-refractivity contribution in [3.63, 3.8) is 0 Å². The van der Waals surface area contributed by atoms with Gasteiger partial charge in [0.05, 0.1) is 12.1 Å². The van der Waals surface area contributed by atoms with Crippen LogP contribution in [0.2, 0.25) is 0 Å². The minimum Gasteiger partial charge on any atom is -0.481 e. The predicted molar refractivity (Wildman–Crippen MR) is 152 cm³/mol. The van der Waals surface area contributed by atoms with Gasteiger partial charge in [-0.15, -0.1) is 0 Å². The Morgan fingerprint density at radius 2 is 1.62 bits per heavy atom. The van der Waals surface area contributed by atoms with E-state index in [4.69, 9.17) is 22.3 Å². The van der Waals surface area contributed by atoms with E-state index in [2.05, 4.69) is 25.9 Å². The van der Waals surface area contributed by atoms with E-state index in [1.807, 2.05) is 24.3 Å². The van der Waals surface area contributed by atoms with Crippen molar-refractivity contribution in [2.75, 3.05) is 6.54 Å². The molecule has 1 heterocycles. The molecule has 0 spiro atoms. The van der Waals surface area contributed by atoms with Crippen molar-refractivity contribution in [2.24, 2.45) is 22.2 Å². The summed E-state index contributed by atoms with van der Waals surface area (Å²) < 4.78 is 0. The van der Waals surface area contributed by atoms with Crippen molar-refractivity contribution in [1.82, 2.24) is 20.9 Å². The number of hydrogen-bond donors (Lipinski definition) is 10. The van der Waals surface area contributed by atoms with Gasteiger partial charge in [-0.25, -0.2) is 4.79 Å². The van der Waals surface area contributed by atoms with Crippen LogP contribution in [-0.4, -0.2) is 92.7 Å². The van der Waals surface area contributed by atoms with Gasteiger partial charge in [0.15, 0.2) is 5.96 Å². The molecule has 0 aliphatic carbocycles. The number of aliphatic hydroxyl groups excluding tert-OH is 1. The number of fused-ring (bicyclic) bond motifs is 1. The molecule has 0 fully saturated rings. The van der Waals surface area contributed by atoms with E-state index >= 15 is 0 Å². The van der Waals surface area contributed by atoms with Gasteiger partial charge in [0.2, 0.25) is 17.7 Å². The first-order chi connectivity index (χ1) is 19.8. The number of rotatable bonds is 17. The number of carboxylic acids is 2. The van der Waals surface area contributed by atoms with Gasteiger partial charge in [-0.2, -0.15) is 0 Å². The highest BCUT2D eigenvalue weighted by atomic mass is 16.4. The van der Waals surface area contributed by atoms with Crippen molar-refractivity contribution in [3.05, 3.63) is 36.0 Å². The molecule has 2 rings (SSSR count). The molecule has 0 radical (unpaired) electrons. The summed E-state index contributed by atoms with van der Waals surface area (Å²) in [7, 11) is 0. The molecule has 16 heteroatoms. The van der Waals surface area contributed by atoms with Crippen molar-refractivity contribution in [1.29, 1.82) is 0 Å². The lowest BCUT2D eigenvalue weighted by molar-refractivity contribution is -0.144. The van der Waals surface area contributed by atoms with Crippen molar-refractivity contribution < 1.29 is 39.3 Å². The highest BCUT2D eigenvalue weighted by Crippen LogP contribution is 2.19. The van der Waals surface area contributed by atoms with Gasteiger partial charge in [-0.1, -0.05) is 18.2 Å². The summed E-state index contributed by atoms with van der Waals surface area (Å²) in [5.41, 5.74) is 18.5. The third kappa shape index (κ3) is 10.4. The molecule has 16 nitrogen and oxygen atoms in total. The van der Waals surface area contributed by atoms with E-state index in [-0.39, 0.29) is 31.8 Å². The second kappa shape index (κ2) is 15.9. The molecule has 1 aromatic carbocycles. The molecule has 5 atom stereocenters. The van der Waals surface area contributed by atoms with Gasteiger partial charge in [-0.05, 0) is 44.2 Å². The number of carbonyl (C=O) groups is 5. The number of aliphatic hydroxyl groups is 1. The summed E-state index contributed by atoms with van der Waals surface area (Å²) >= 11 is 0. The Balaban J connectivity index is 2.15. The first-order valence-electron chi connectivity index (χ1n) is 13.2. The van der Waals surface area contributed by atoms with E-state index in [0.717, 1.165) is 16.5 Å². The molecule has 0 saturated heterocycles. The van der Waals surface area contributed by atoms with Gasteiger partial charge >= 0.3 is 11.9 Å². The lowest BCUT2D eigenvalue weighted by Crippen LogP contribution is -2.60. The first-order valence-corrected chi connectivity index (χ1v) is 13.2. The molecule has 13 N–H and O–H groups in total. The minimum absolute atomic E-state index is 0.0265. The predicted octanol–water partition coefficient (Wildman–Crippen LogP) is -2.12. The number of carbonyl (C=O) groups excluding carboxylic acids is 3. The van der Waals surface area contributed by atoms with Crippen LogP contribution >= 0.6 is 0 Å². The number of guanidine groups is 1. The molecule has 3 amide bonds. The highest BCUT2D eigenvalue weighted by molar-refractivity contribution is 5.94.